The molecule has 0 unspecified atom stereocenters. The first-order valence-corrected chi connectivity index (χ1v) is 6.68. The molecule has 0 spiro atoms. The molecule has 4 rings (SSSR count). The van der Waals surface area contributed by atoms with Crippen LogP contribution in [0.2, 0.25) is 0 Å². The van der Waals surface area contributed by atoms with Gasteiger partial charge in [0.1, 0.15) is 0 Å². The van der Waals surface area contributed by atoms with Crippen LogP contribution in [0.1, 0.15) is 33.4 Å². The monoisotopic (exact) mass is 232 g/mol. The van der Waals surface area contributed by atoms with E-state index in [4.69, 9.17) is 0 Å². The summed E-state index contributed by atoms with van der Waals surface area (Å²) in [6, 6.07) is 4.64. The van der Waals surface area contributed by atoms with Crippen molar-refractivity contribution in [3.8, 4) is 0 Å². The maximum atomic E-state index is 2.32. The fraction of sp³-hybridized carbons (Fsp3) is 0.222. The Kier molecular flexibility index (Phi) is 1.89. The molecule has 0 nitrogen and oxygen atoms in total. The molecular formula is C18H16. The minimum absolute atomic E-state index is 1.08. The normalized spacial score (nSPS) is 15.4. The van der Waals surface area contributed by atoms with Gasteiger partial charge >= 0.3 is 0 Å². The van der Waals surface area contributed by atoms with Gasteiger partial charge in [-0.1, -0.05) is 36.4 Å². The van der Waals surface area contributed by atoms with Gasteiger partial charge in [-0.05, 0) is 70.8 Å². The quantitative estimate of drug-likeness (QED) is 0.623. The summed E-state index contributed by atoms with van der Waals surface area (Å²) in [5, 5.41) is 3.02. The van der Waals surface area contributed by atoms with Gasteiger partial charge in [-0.2, -0.15) is 0 Å². The fourth-order valence-corrected chi connectivity index (χ4v) is 3.45. The van der Waals surface area contributed by atoms with Gasteiger partial charge in [0, 0.05) is 0 Å². The first-order valence-electron chi connectivity index (χ1n) is 6.68. The van der Waals surface area contributed by atoms with Crippen molar-refractivity contribution in [2.75, 3.05) is 0 Å². The maximum absolute atomic E-state index is 2.32. The summed E-state index contributed by atoms with van der Waals surface area (Å²) in [4.78, 5) is 0. The van der Waals surface area contributed by atoms with Crippen molar-refractivity contribution in [1.82, 2.24) is 0 Å². The van der Waals surface area contributed by atoms with Crippen LogP contribution in [0.5, 0.6) is 0 Å². The largest absolute Gasteiger partial charge is 0.0795 e. The Labute approximate surface area is 108 Å². The predicted molar refractivity (Wildman–Crippen MR) is 78.9 cm³/mol. The highest BCUT2D eigenvalue weighted by molar-refractivity contribution is 6.04. The van der Waals surface area contributed by atoms with E-state index in [9.17, 15) is 0 Å². The molecule has 0 saturated carbocycles. The molecular weight excluding hydrogens is 216 g/mol. The van der Waals surface area contributed by atoms with Crippen LogP contribution in [0.15, 0.2) is 24.3 Å². The second kappa shape index (κ2) is 3.35. The summed E-state index contributed by atoms with van der Waals surface area (Å²) in [5.41, 5.74) is 8.77. The minimum Gasteiger partial charge on any atom is -0.0795 e. The lowest BCUT2D eigenvalue weighted by Gasteiger charge is -2.23. The molecule has 2 aliphatic carbocycles. The first kappa shape index (κ1) is 10.1. The van der Waals surface area contributed by atoms with Crippen LogP contribution in [0.3, 0.4) is 0 Å². The van der Waals surface area contributed by atoms with Crippen LogP contribution in [-0.4, -0.2) is 0 Å². The Bertz CT molecular complexity index is 678. The van der Waals surface area contributed by atoms with Gasteiger partial charge in [0.05, 0.1) is 0 Å². The molecule has 2 aromatic carbocycles. The molecule has 0 atom stereocenters. The SMILES string of the molecule is Cc1c(C)c2c3c(ccc4c3c1C=CC4)CC=C2. The van der Waals surface area contributed by atoms with Crippen LogP contribution in [0.25, 0.3) is 22.9 Å². The van der Waals surface area contributed by atoms with E-state index < -0.39 is 0 Å². The fourth-order valence-electron chi connectivity index (χ4n) is 3.45. The molecule has 0 amide bonds. The molecule has 0 aromatic heterocycles. The zero-order valence-electron chi connectivity index (χ0n) is 10.9. The Morgan fingerprint density at radius 1 is 0.722 bits per heavy atom. The summed E-state index contributed by atoms with van der Waals surface area (Å²) >= 11 is 0. The summed E-state index contributed by atoms with van der Waals surface area (Å²) < 4.78 is 0. The van der Waals surface area contributed by atoms with Crippen LogP contribution in [0, 0.1) is 13.8 Å². The maximum Gasteiger partial charge on any atom is -0.00645 e. The van der Waals surface area contributed by atoms with Gasteiger partial charge in [0.25, 0.3) is 0 Å². The lowest BCUT2D eigenvalue weighted by atomic mass is 9.80. The minimum atomic E-state index is 1.08. The molecule has 2 aliphatic rings. The summed E-state index contributed by atoms with van der Waals surface area (Å²) in [6.45, 7) is 4.52. The molecule has 0 N–H and O–H groups in total. The van der Waals surface area contributed by atoms with Crippen LogP contribution in [-0.2, 0) is 12.8 Å². The van der Waals surface area contributed by atoms with Gasteiger partial charge in [0.2, 0.25) is 0 Å². The Hall–Kier alpha value is -1.82. The van der Waals surface area contributed by atoms with E-state index in [1.165, 1.54) is 44.2 Å². The molecule has 0 radical (unpaired) electrons. The highest BCUT2D eigenvalue weighted by atomic mass is 14.2. The standard InChI is InChI=1S/C18H16/c1-11-12(2)16-8-4-6-14-10-9-13-5-3-7-15(11)17(13)18(14)16/h3-4,7-10H,5-6H2,1-2H3. The highest BCUT2D eigenvalue weighted by Crippen LogP contribution is 2.40. The van der Waals surface area contributed by atoms with Crippen molar-refractivity contribution in [2.45, 2.75) is 26.7 Å². The lowest BCUT2D eigenvalue weighted by Crippen LogP contribution is -2.04. The molecule has 18 heavy (non-hydrogen) atoms. The van der Waals surface area contributed by atoms with Gasteiger partial charge in [-0.15, -0.1) is 0 Å². The lowest BCUT2D eigenvalue weighted by molar-refractivity contribution is 1.21. The Morgan fingerprint density at radius 3 is 1.61 bits per heavy atom. The molecule has 0 saturated heterocycles. The topological polar surface area (TPSA) is 0 Å². The zero-order valence-corrected chi connectivity index (χ0v) is 10.9. The highest BCUT2D eigenvalue weighted by Gasteiger charge is 2.19. The van der Waals surface area contributed by atoms with Gasteiger partial charge in [0.15, 0.2) is 0 Å². The van der Waals surface area contributed by atoms with E-state index in [-0.39, 0.29) is 0 Å². The van der Waals surface area contributed by atoms with Gasteiger partial charge < -0.3 is 0 Å². The van der Waals surface area contributed by atoms with Crippen molar-refractivity contribution in [1.29, 1.82) is 0 Å². The third-order valence-corrected chi connectivity index (χ3v) is 4.53. The number of benzene rings is 2. The smallest absolute Gasteiger partial charge is 0.00645 e. The summed E-state index contributed by atoms with van der Waals surface area (Å²) in [5.74, 6) is 0. The zero-order chi connectivity index (χ0) is 12.3. The average Bonchev–Trinajstić information content (AvgIpc) is 2.43. The van der Waals surface area contributed by atoms with Crippen molar-refractivity contribution in [3.63, 3.8) is 0 Å². The third-order valence-electron chi connectivity index (χ3n) is 4.53. The van der Waals surface area contributed by atoms with Crippen LogP contribution < -0.4 is 0 Å². The molecule has 0 fully saturated rings. The Balaban J connectivity index is 2.34. The second-order valence-corrected chi connectivity index (χ2v) is 5.42. The molecule has 2 aromatic rings. The van der Waals surface area contributed by atoms with Crippen molar-refractivity contribution >= 4 is 22.9 Å². The Morgan fingerprint density at radius 2 is 1.17 bits per heavy atom. The number of allylic oxidation sites excluding steroid dienone is 2. The van der Waals surface area contributed by atoms with E-state index in [2.05, 4.69) is 50.3 Å². The van der Waals surface area contributed by atoms with Gasteiger partial charge in [-0.25, -0.2) is 0 Å². The molecule has 0 heteroatoms. The van der Waals surface area contributed by atoms with Crippen LogP contribution in [0.4, 0.5) is 0 Å². The summed E-state index contributed by atoms with van der Waals surface area (Å²) in [7, 11) is 0. The van der Waals surface area contributed by atoms with E-state index in [1.807, 2.05) is 0 Å². The van der Waals surface area contributed by atoms with Crippen molar-refractivity contribution in [3.05, 3.63) is 57.7 Å². The van der Waals surface area contributed by atoms with Crippen molar-refractivity contribution in [2.24, 2.45) is 0 Å². The van der Waals surface area contributed by atoms with E-state index in [1.54, 1.807) is 0 Å². The van der Waals surface area contributed by atoms with Crippen molar-refractivity contribution < 1.29 is 0 Å². The summed E-state index contributed by atoms with van der Waals surface area (Å²) in [6.07, 6.45) is 11.4. The first-order chi connectivity index (χ1) is 8.77. The molecule has 0 aliphatic heterocycles. The van der Waals surface area contributed by atoms with E-state index in [0.717, 1.165) is 12.8 Å². The van der Waals surface area contributed by atoms with Gasteiger partial charge in [-0.3, -0.25) is 0 Å². The van der Waals surface area contributed by atoms with E-state index in [0.29, 0.717) is 0 Å². The third kappa shape index (κ3) is 1.11. The second-order valence-electron chi connectivity index (χ2n) is 5.42. The molecule has 0 bridgehead atoms. The number of hydrogen-bond donors (Lipinski definition) is 0. The predicted octanol–water partition coefficient (Wildman–Crippen LogP) is 4.60. The molecule has 0 heterocycles. The number of rotatable bonds is 0. The van der Waals surface area contributed by atoms with Crippen LogP contribution >= 0.6 is 0 Å². The average molecular weight is 232 g/mol. The van der Waals surface area contributed by atoms with E-state index >= 15 is 0 Å². The molecule has 88 valence electrons. The number of hydrogen-bond acceptors (Lipinski definition) is 0.